The molecule has 0 radical (unpaired) electrons. The van der Waals surface area contributed by atoms with Crippen LogP contribution in [0.4, 0.5) is 0 Å². The Hall–Kier alpha value is -1.89. The first-order valence-corrected chi connectivity index (χ1v) is 3.09. The molecule has 4 nitrogen and oxygen atoms in total. The maximum absolute atomic E-state index is 8.53. The van der Waals surface area contributed by atoms with E-state index in [2.05, 4.69) is 10.1 Å². The van der Waals surface area contributed by atoms with Crippen molar-refractivity contribution in [2.45, 2.75) is 0 Å². The lowest BCUT2D eigenvalue weighted by atomic mass is 10.3. The van der Waals surface area contributed by atoms with Crippen LogP contribution in [0.2, 0.25) is 0 Å². The quantitative estimate of drug-likeness (QED) is 0.544. The van der Waals surface area contributed by atoms with Gasteiger partial charge < -0.3 is 0 Å². The molecule has 0 saturated heterocycles. The van der Waals surface area contributed by atoms with E-state index in [0.29, 0.717) is 11.2 Å². The SMILES string of the molecule is N#Cc1ccn2ncnc2c1. The zero-order chi connectivity index (χ0) is 7.68. The van der Waals surface area contributed by atoms with Crippen LogP contribution in [0.25, 0.3) is 5.65 Å². The van der Waals surface area contributed by atoms with Crippen LogP contribution in [-0.4, -0.2) is 14.6 Å². The molecule has 0 aromatic carbocycles. The van der Waals surface area contributed by atoms with Gasteiger partial charge in [-0.05, 0) is 6.07 Å². The number of aromatic nitrogens is 3. The fourth-order valence-corrected chi connectivity index (χ4v) is 0.885. The Labute approximate surface area is 62.7 Å². The first-order valence-electron chi connectivity index (χ1n) is 3.09. The number of nitrogens with zero attached hydrogens (tertiary/aromatic N) is 4. The summed E-state index contributed by atoms with van der Waals surface area (Å²) in [5.74, 6) is 0. The molecule has 0 unspecified atom stereocenters. The van der Waals surface area contributed by atoms with E-state index >= 15 is 0 Å². The second kappa shape index (κ2) is 2.06. The largest absolute Gasteiger partial charge is 0.221 e. The van der Waals surface area contributed by atoms with Gasteiger partial charge in [-0.2, -0.15) is 10.4 Å². The van der Waals surface area contributed by atoms with Crippen LogP contribution in [0.1, 0.15) is 5.56 Å². The summed E-state index contributed by atoms with van der Waals surface area (Å²) in [6, 6.07) is 5.41. The molecule has 0 amide bonds. The van der Waals surface area contributed by atoms with Gasteiger partial charge in [-0.3, -0.25) is 0 Å². The average Bonchev–Trinajstić information content (AvgIpc) is 2.50. The average molecular weight is 144 g/mol. The Morgan fingerprint density at radius 1 is 1.55 bits per heavy atom. The maximum Gasteiger partial charge on any atom is 0.156 e. The summed E-state index contributed by atoms with van der Waals surface area (Å²) in [5, 5.41) is 12.4. The van der Waals surface area contributed by atoms with Gasteiger partial charge in [0.2, 0.25) is 0 Å². The third kappa shape index (κ3) is 0.829. The molecular weight excluding hydrogens is 140 g/mol. The molecular formula is C7H4N4. The molecule has 4 heteroatoms. The van der Waals surface area contributed by atoms with E-state index in [9.17, 15) is 0 Å². The molecule has 11 heavy (non-hydrogen) atoms. The second-order valence-electron chi connectivity index (χ2n) is 2.09. The summed E-state index contributed by atoms with van der Waals surface area (Å²) in [7, 11) is 0. The van der Waals surface area contributed by atoms with Gasteiger partial charge in [-0.25, -0.2) is 9.50 Å². The molecule has 0 atom stereocenters. The first-order chi connectivity index (χ1) is 5.40. The van der Waals surface area contributed by atoms with Crippen molar-refractivity contribution in [3.63, 3.8) is 0 Å². The number of pyridine rings is 1. The fraction of sp³-hybridized carbons (Fsp3) is 0. The summed E-state index contributed by atoms with van der Waals surface area (Å²) in [4.78, 5) is 3.93. The number of fused-ring (bicyclic) bond motifs is 1. The van der Waals surface area contributed by atoms with E-state index in [0.717, 1.165) is 0 Å². The highest BCUT2D eigenvalue weighted by Gasteiger charge is 1.94. The number of hydrogen-bond acceptors (Lipinski definition) is 3. The minimum absolute atomic E-state index is 0.602. The molecule has 0 fully saturated rings. The van der Waals surface area contributed by atoms with Crippen LogP contribution in [0, 0.1) is 11.3 Å². The van der Waals surface area contributed by atoms with Crippen LogP contribution in [0.5, 0.6) is 0 Å². The van der Waals surface area contributed by atoms with Crippen molar-refractivity contribution in [2.75, 3.05) is 0 Å². The van der Waals surface area contributed by atoms with Crippen molar-refractivity contribution in [1.29, 1.82) is 5.26 Å². The predicted octanol–water partition coefficient (Wildman–Crippen LogP) is 0.601. The number of rotatable bonds is 0. The third-order valence-electron chi connectivity index (χ3n) is 1.41. The van der Waals surface area contributed by atoms with E-state index in [1.807, 2.05) is 6.07 Å². The van der Waals surface area contributed by atoms with Crippen LogP contribution < -0.4 is 0 Å². The molecule has 0 aliphatic heterocycles. The lowest BCUT2D eigenvalue weighted by Crippen LogP contribution is -1.86. The minimum Gasteiger partial charge on any atom is -0.221 e. The lowest BCUT2D eigenvalue weighted by Gasteiger charge is -1.89. The van der Waals surface area contributed by atoms with Gasteiger partial charge in [0.05, 0.1) is 11.6 Å². The lowest BCUT2D eigenvalue weighted by molar-refractivity contribution is 0.960. The highest BCUT2D eigenvalue weighted by atomic mass is 15.3. The molecule has 0 saturated carbocycles. The predicted molar refractivity (Wildman–Crippen MR) is 37.7 cm³/mol. The summed E-state index contributed by atoms with van der Waals surface area (Å²) >= 11 is 0. The van der Waals surface area contributed by atoms with Crippen molar-refractivity contribution in [3.8, 4) is 6.07 Å². The molecule has 0 bridgehead atoms. The Morgan fingerprint density at radius 3 is 3.27 bits per heavy atom. The Balaban J connectivity index is 2.79. The van der Waals surface area contributed by atoms with Crippen molar-refractivity contribution < 1.29 is 0 Å². The fourth-order valence-electron chi connectivity index (χ4n) is 0.885. The van der Waals surface area contributed by atoms with Crippen LogP contribution in [-0.2, 0) is 0 Å². The maximum atomic E-state index is 8.53. The van der Waals surface area contributed by atoms with Gasteiger partial charge >= 0.3 is 0 Å². The number of hydrogen-bond donors (Lipinski definition) is 0. The molecule has 2 rings (SSSR count). The molecule has 52 valence electrons. The van der Waals surface area contributed by atoms with Crippen molar-refractivity contribution in [2.24, 2.45) is 0 Å². The summed E-state index contributed by atoms with van der Waals surface area (Å²) < 4.78 is 1.61. The highest BCUT2D eigenvalue weighted by Crippen LogP contribution is 2.01. The first kappa shape index (κ1) is 5.86. The smallest absolute Gasteiger partial charge is 0.156 e. The van der Waals surface area contributed by atoms with E-state index in [4.69, 9.17) is 5.26 Å². The van der Waals surface area contributed by atoms with Gasteiger partial charge in [0.25, 0.3) is 0 Å². The van der Waals surface area contributed by atoms with Crippen molar-refractivity contribution in [1.82, 2.24) is 14.6 Å². The Bertz CT molecular complexity index is 423. The summed E-state index contributed by atoms with van der Waals surface area (Å²) in [5.41, 5.74) is 1.30. The Kier molecular flexibility index (Phi) is 1.10. The molecule has 0 spiro atoms. The zero-order valence-corrected chi connectivity index (χ0v) is 5.60. The summed E-state index contributed by atoms with van der Waals surface area (Å²) in [6.07, 6.45) is 3.16. The minimum atomic E-state index is 0.602. The van der Waals surface area contributed by atoms with E-state index in [1.54, 1.807) is 22.8 Å². The van der Waals surface area contributed by atoms with E-state index < -0.39 is 0 Å². The van der Waals surface area contributed by atoms with Crippen molar-refractivity contribution in [3.05, 3.63) is 30.2 Å². The van der Waals surface area contributed by atoms with Crippen LogP contribution in [0.3, 0.4) is 0 Å². The zero-order valence-electron chi connectivity index (χ0n) is 5.60. The normalized spacial score (nSPS) is 9.73. The van der Waals surface area contributed by atoms with Crippen LogP contribution in [0.15, 0.2) is 24.7 Å². The third-order valence-corrected chi connectivity index (χ3v) is 1.41. The molecule has 2 aromatic rings. The molecule has 0 N–H and O–H groups in total. The standard InChI is InChI=1S/C7H4N4/c8-4-6-1-2-11-7(3-6)9-5-10-11/h1-3,5H. The molecule has 2 heterocycles. The summed E-state index contributed by atoms with van der Waals surface area (Å²) in [6.45, 7) is 0. The van der Waals surface area contributed by atoms with E-state index in [1.165, 1.54) is 6.33 Å². The number of nitriles is 1. The van der Waals surface area contributed by atoms with Gasteiger partial charge in [-0.1, -0.05) is 0 Å². The molecule has 0 aliphatic rings. The van der Waals surface area contributed by atoms with Gasteiger partial charge in [0.15, 0.2) is 5.65 Å². The molecule has 0 aliphatic carbocycles. The van der Waals surface area contributed by atoms with Gasteiger partial charge in [0.1, 0.15) is 6.33 Å². The highest BCUT2D eigenvalue weighted by molar-refractivity contribution is 5.43. The van der Waals surface area contributed by atoms with Gasteiger partial charge in [-0.15, -0.1) is 0 Å². The monoisotopic (exact) mass is 144 g/mol. The van der Waals surface area contributed by atoms with E-state index in [-0.39, 0.29) is 0 Å². The second-order valence-corrected chi connectivity index (χ2v) is 2.09. The Morgan fingerprint density at radius 2 is 2.45 bits per heavy atom. The van der Waals surface area contributed by atoms with Crippen LogP contribution >= 0.6 is 0 Å². The van der Waals surface area contributed by atoms with Gasteiger partial charge in [0, 0.05) is 12.3 Å². The molecule has 2 aromatic heterocycles. The van der Waals surface area contributed by atoms with Crippen molar-refractivity contribution >= 4 is 5.65 Å². The topological polar surface area (TPSA) is 54.0 Å².